The molecule has 0 aliphatic carbocycles. The van der Waals surface area contributed by atoms with E-state index in [1.54, 1.807) is 38.4 Å². The van der Waals surface area contributed by atoms with E-state index in [1.165, 1.54) is 23.1 Å². The van der Waals surface area contributed by atoms with E-state index < -0.39 is 11.7 Å². The Hall–Kier alpha value is -2.69. The zero-order valence-electron chi connectivity index (χ0n) is 11.2. The van der Waals surface area contributed by atoms with Gasteiger partial charge >= 0.3 is 0 Å². The summed E-state index contributed by atoms with van der Waals surface area (Å²) in [7, 11) is 3.13. The molecule has 0 bridgehead atoms. The first kappa shape index (κ1) is 13.7. The van der Waals surface area contributed by atoms with Crippen LogP contribution in [0.2, 0.25) is 0 Å². The number of para-hydroxylation sites is 1. The van der Waals surface area contributed by atoms with Crippen LogP contribution in [0.1, 0.15) is 10.4 Å². The maximum atomic E-state index is 12.3. The summed E-state index contributed by atoms with van der Waals surface area (Å²) in [5, 5.41) is 19.2. The van der Waals surface area contributed by atoms with Gasteiger partial charge in [-0.2, -0.15) is 0 Å². The molecule has 0 unspecified atom stereocenters. The number of anilines is 1. The monoisotopic (exact) mass is 273 g/mol. The number of methoxy groups -OCH3 is 1. The summed E-state index contributed by atoms with van der Waals surface area (Å²) in [6.45, 7) is 0. The van der Waals surface area contributed by atoms with Gasteiger partial charge in [-0.25, -0.2) is 0 Å². The van der Waals surface area contributed by atoms with Crippen LogP contribution in [0.3, 0.4) is 0 Å². The third-order valence-corrected chi connectivity index (χ3v) is 2.99. The van der Waals surface area contributed by atoms with Crippen LogP contribution >= 0.6 is 0 Å². The molecule has 20 heavy (non-hydrogen) atoms. The van der Waals surface area contributed by atoms with Crippen LogP contribution in [-0.4, -0.2) is 30.3 Å². The highest BCUT2D eigenvalue weighted by molar-refractivity contribution is 6.08. The molecule has 2 aromatic carbocycles. The zero-order chi connectivity index (χ0) is 14.7. The fourth-order valence-corrected chi connectivity index (χ4v) is 1.82. The summed E-state index contributed by atoms with van der Waals surface area (Å²) in [4.78, 5) is 13.7. The minimum atomic E-state index is -0.424. The zero-order valence-corrected chi connectivity index (χ0v) is 11.2. The molecular formula is C15H15NO4. The number of phenols is 2. The van der Waals surface area contributed by atoms with Gasteiger partial charge in [0.1, 0.15) is 5.75 Å². The van der Waals surface area contributed by atoms with Crippen molar-refractivity contribution in [2.75, 3.05) is 19.1 Å². The van der Waals surface area contributed by atoms with Crippen molar-refractivity contribution in [1.82, 2.24) is 0 Å². The number of carbonyl (C=O) groups excluding carboxylic acids is 1. The van der Waals surface area contributed by atoms with Crippen LogP contribution in [0.15, 0.2) is 42.5 Å². The predicted octanol–water partition coefficient (Wildman–Crippen LogP) is 2.38. The first-order valence-electron chi connectivity index (χ1n) is 5.97. The maximum Gasteiger partial charge on any atom is 0.261 e. The summed E-state index contributed by atoms with van der Waals surface area (Å²) >= 11 is 0. The number of hydrogen-bond donors (Lipinski definition) is 2. The third-order valence-electron chi connectivity index (χ3n) is 2.99. The van der Waals surface area contributed by atoms with Crippen molar-refractivity contribution in [3.63, 3.8) is 0 Å². The lowest BCUT2D eigenvalue weighted by Crippen LogP contribution is -2.26. The van der Waals surface area contributed by atoms with Crippen LogP contribution in [0.4, 0.5) is 5.69 Å². The highest BCUT2D eigenvalue weighted by Gasteiger charge is 2.19. The van der Waals surface area contributed by atoms with Crippen molar-refractivity contribution in [3.8, 4) is 17.2 Å². The Morgan fingerprint density at radius 3 is 2.55 bits per heavy atom. The summed E-state index contributed by atoms with van der Waals surface area (Å²) in [5.41, 5.74) is 0.660. The van der Waals surface area contributed by atoms with E-state index in [0.717, 1.165) is 0 Å². The number of ether oxygens (including phenoxy) is 1. The van der Waals surface area contributed by atoms with Crippen molar-refractivity contribution in [2.45, 2.75) is 0 Å². The number of rotatable bonds is 3. The molecule has 0 heterocycles. The molecule has 0 atom stereocenters. The van der Waals surface area contributed by atoms with Gasteiger partial charge in [0, 0.05) is 18.8 Å². The fraction of sp³-hybridized carbons (Fsp3) is 0.133. The van der Waals surface area contributed by atoms with Gasteiger partial charge in [0.15, 0.2) is 11.5 Å². The standard InChI is InChI=1S/C15H15NO4/c1-16(10-5-3-6-11(9-10)20-2)15(19)12-7-4-8-13(17)14(12)18/h3-9,17-18H,1-2H3. The number of carbonyl (C=O) groups is 1. The van der Waals surface area contributed by atoms with Gasteiger partial charge in [-0.05, 0) is 24.3 Å². The lowest BCUT2D eigenvalue weighted by molar-refractivity contribution is 0.0990. The molecule has 0 saturated heterocycles. The molecule has 1 amide bonds. The second kappa shape index (κ2) is 5.52. The van der Waals surface area contributed by atoms with E-state index in [2.05, 4.69) is 0 Å². The first-order valence-corrected chi connectivity index (χ1v) is 5.97. The number of aromatic hydroxyl groups is 2. The van der Waals surface area contributed by atoms with Crippen LogP contribution in [0.5, 0.6) is 17.2 Å². The summed E-state index contributed by atoms with van der Waals surface area (Å²) < 4.78 is 5.11. The highest BCUT2D eigenvalue weighted by atomic mass is 16.5. The van der Waals surface area contributed by atoms with Crippen LogP contribution < -0.4 is 9.64 Å². The predicted molar refractivity (Wildman–Crippen MR) is 75.5 cm³/mol. The summed E-state index contributed by atoms with van der Waals surface area (Å²) in [5.74, 6) is -0.545. The molecule has 0 spiro atoms. The topological polar surface area (TPSA) is 70.0 Å². The van der Waals surface area contributed by atoms with Crippen molar-refractivity contribution in [1.29, 1.82) is 0 Å². The Bertz CT molecular complexity index is 640. The Labute approximate surface area is 116 Å². The van der Waals surface area contributed by atoms with Crippen molar-refractivity contribution >= 4 is 11.6 Å². The normalized spacial score (nSPS) is 10.1. The Kier molecular flexibility index (Phi) is 3.79. The van der Waals surface area contributed by atoms with E-state index in [0.29, 0.717) is 11.4 Å². The van der Waals surface area contributed by atoms with Crippen molar-refractivity contribution < 1.29 is 19.7 Å². The Balaban J connectivity index is 2.35. The van der Waals surface area contributed by atoms with Crippen LogP contribution in [0, 0.1) is 0 Å². The molecular weight excluding hydrogens is 258 g/mol. The van der Waals surface area contributed by atoms with Crippen LogP contribution in [0.25, 0.3) is 0 Å². The molecule has 0 aliphatic rings. The van der Waals surface area contributed by atoms with E-state index >= 15 is 0 Å². The molecule has 0 saturated carbocycles. The molecule has 104 valence electrons. The molecule has 2 aromatic rings. The average molecular weight is 273 g/mol. The number of benzene rings is 2. The SMILES string of the molecule is COc1cccc(N(C)C(=O)c2cccc(O)c2O)c1. The minimum absolute atomic E-state index is 0.0373. The molecule has 0 fully saturated rings. The lowest BCUT2D eigenvalue weighted by Gasteiger charge is -2.18. The fourth-order valence-electron chi connectivity index (χ4n) is 1.82. The van der Waals surface area contributed by atoms with Gasteiger partial charge in [0.2, 0.25) is 0 Å². The maximum absolute atomic E-state index is 12.3. The van der Waals surface area contributed by atoms with Crippen molar-refractivity contribution in [2.24, 2.45) is 0 Å². The largest absolute Gasteiger partial charge is 0.504 e. The minimum Gasteiger partial charge on any atom is -0.504 e. The molecule has 5 nitrogen and oxygen atoms in total. The van der Waals surface area contributed by atoms with E-state index in [9.17, 15) is 15.0 Å². The average Bonchev–Trinajstić information content (AvgIpc) is 2.48. The third kappa shape index (κ3) is 2.51. The molecule has 0 aromatic heterocycles. The van der Waals surface area contributed by atoms with Gasteiger partial charge in [-0.15, -0.1) is 0 Å². The molecule has 2 N–H and O–H groups in total. The molecule has 0 aliphatic heterocycles. The summed E-state index contributed by atoms with van der Waals surface area (Å²) in [6.07, 6.45) is 0. The van der Waals surface area contributed by atoms with Gasteiger partial charge in [0.05, 0.1) is 12.7 Å². The van der Waals surface area contributed by atoms with Gasteiger partial charge < -0.3 is 19.8 Å². The second-order valence-corrected chi connectivity index (χ2v) is 4.24. The lowest BCUT2D eigenvalue weighted by atomic mass is 10.1. The number of amides is 1. The quantitative estimate of drug-likeness (QED) is 0.842. The highest BCUT2D eigenvalue weighted by Crippen LogP contribution is 2.30. The van der Waals surface area contributed by atoms with E-state index in [-0.39, 0.29) is 11.3 Å². The molecule has 5 heteroatoms. The molecule has 2 rings (SSSR count). The van der Waals surface area contributed by atoms with Gasteiger partial charge in [-0.3, -0.25) is 4.79 Å². The van der Waals surface area contributed by atoms with Crippen LogP contribution in [-0.2, 0) is 0 Å². The number of hydrogen-bond acceptors (Lipinski definition) is 4. The van der Waals surface area contributed by atoms with Gasteiger partial charge in [-0.1, -0.05) is 12.1 Å². The number of nitrogens with zero attached hydrogens (tertiary/aromatic N) is 1. The summed E-state index contributed by atoms with van der Waals surface area (Å²) in [6, 6.07) is 11.3. The van der Waals surface area contributed by atoms with E-state index in [4.69, 9.17) is 4.74 Å². The Morgan fingerprint density at radius 1 is 1.15 bits per heavy atom. The first-order chi connectivity index (χ1) is 9.54. The molecule has 0 radical (unpaired) electrons. The number of phenolic OH excluding ortho intramolecular Hbond substituents is 2. The smallest absolute Gasteiger partial charge is 0.261 e. The Morgan fingerprint density at radius 2 is 1.85 bits per heavy atom. The van der Waals surface area contributed by atoms with Gasteiger partial charge in [0.25, 0.3) is 5.91 Å². The van der Waals surface area contributed by atoms with Crippen molar-refractivity contribution in [3.05, 3.63) is 48.0 Å². The van der Waals surface area contributed by atoms with E-state index in [1.807, 2.05) is 0 Å². The second-order valence-electron chi connectivity index (χ2n) is 4.24.